The van der Waals surface area contributed by atoms with Gasteiger partial charge < -0.3 is 14.8 Å². The van der Waals surface area contributed by atoms with E-state index in [4.69, 9.17) is 9.47 Å². The monoisotopic (exact) mass is 256 g/mol. The van der Waals surface area contributed by atoms with Crippen molar-refractivity contribution in [3.05, 3.63) is 0 Å². The van der Waals surface area contributed by atoms with Crippen molar-refractivity contribution in [2.45, 2.75) is 38.3 Å². The molecule has 0 amide bonds. The molecule has 1 aliphatic heterocycles. The van der Waals surface area contributed by atoms with Gasteiger partial charge in [-0.2, -0.15) is 0 Å². The Hall–Kier alpha value is -0.160. The fourth-order valence-corrected chi connectivity index (χ4v) is 2.80. The lowest BCUT2D eigenvalue weighted by Crippen LogP contribution is -2.57. The third-order valence-electron chi connectivity index (χ3n) is 4.18. The number of nitrogens with zero attached hydrogens (tertiary/aromatic N) is 1. The molecule has 0 aromatic carbocycles. The van der Waals surface area contributed by atoms with Gasteiger partial charge in [0.2, 0.25) is 0 Å². The predicted octanol–water partition coefficient (Wildman–Crippen LogP) is 1.11. The molecule has 4 heteroatoms. The highest BCUT2D eigenvalue weighted by atomic mass is 16.5. The van der Waals surface area contributed by atoms with Crippen LogP contribution in [0.4, 0.5) is 0 Å². The number of hydrogen-bond acceptors (Lipinski definition) is 4. The first-order valence-electron chi connectivity index (χ1n) is 7.39. The van der Waals surface area contributed by atoms with Crippen molar-refractivity contribution in [3.63, 3.8) is 0 Å². The highest BCUT2D eigenvalue weighted by molar-refractivity contribution is 4.94. The first-order chi connectivity index (χ1) is 8.85. The fourth-order valence-electron chi connectivity index (χ4n) is 2.80. The molecule has 2 aliphatic rings. The number of ether oxygens (including phenoxy) is 2. The first-order valence-corrected chi connectivity index (χ1v) is 7.39. The van der Waals surface area contributed by atoms with Gasteiger partial charge in [-0.05, 0) is 25.2 Å². The second-order valence-corrected chi connectivity index (χ2v) is 5.51. The summed E-state index contributed by atoms with van der Waals surface area (Å²) in [6.07, 6.45) is 4.07. The van der Waals surface area contributed by atoms with Crippen molar-refractivity contribution in [1.29, 1.82) is 0 Å². The zero-order valence-electron chi connectivity index (χ0n) is 11.9. The minimum atomic E-state index is 0.686. The second-order valence-electron chi connectivity index (χ2n) is 5.51. The van der Waals surface area contributed by atoms with Crippen molar-refractivity contribution >= 4 is 0 Å². The van der Waals surface area contributed by atoms with E-state index in [2.05, 4.69) is 17.1 Å². The van der Waals surface area contributed by atoms with Crippen LogP contribution in [0.25, 0.3) is 0 Å². The van der Waals surface area contributed by atoms with E-state index in [1.165, 1.54) is 25.8 Å². The summed E-state index contributed by atoms with van der Waals surface area (Å²) in [4.78, 5) is 2.62. The van der Waals surface area contributed by atoms with Crippen LogP contribution in [0.1, 0.15) is 26.2 Å². The average molecular weight is 256 g/mol. The number of piperazine rings is 1. The zero-order chi connectivity index (χ0) is 12.8. The van der Waals surface area contributed by atoms with Gasteiger partial charge in [0.05, 0.1) is 19.8 Å². The lowest BCUT2D eigenvalue weighted by atomic mass is 10.0. The Balaban J connectivity index is 1.68. The first kappa shape index (κ1) is 14.3. The van der Waals surface area contributed by atoms with Gasteiger partial charge in [0.1, 0.15) is 0 Å². The van der Waals surface area contributed by atoms with Crippen molar-refractivity contribution < 1.29 is 9.47 Å². The maximum absolute atomic E-state index is 5.59. The standard InChI is InChI=1S/C14H28N2O2/c1-3-13-10-15-14(12-4-5-12)11-16(13)6-7-18-9-8-17-2/h12-15H,3-11H2,1-2H3. The quantitative estimate of drug-likeness (QED) is 0.660. The molecule has 0 aromatic rings. The molecule has 106 valence electrons. The molecule has 0 bridgehead atoms. The van der Waals surface area contributed by atoms with Crippen LogP contribution in [-0.4, -0.2) is 63.5 Å². The fraction of sp³-hybridized carbons (Fsp3) is 1.00. The molecule has 0 radical (unpaired) electrons. The third-order valence-corrected chi connectivity index (χ3v) is 4.18. The Morgan fingerprint density at radius 2 is 2.06 bits per heavy atom. The van der Waals surface area contributed by atoms with Gasteiger partial charge in [0.25, 0.3) is 0 Å². The van der Waals surface area contributed by atoms with Crippen molar-refractivity contribution in [2.75, 3.05) is 46.6 Å². The summed E-state index contributed by atoms with van der Waals surface area (Å²) in [6, 6.07) is 1.41. The van der Waals surface area contributed by atoms with Gasteiger partial charge in [-0.3, -0.25) is 4.90 Å². The summed E-state index contributed by atoms with van der Waals surface area (Å²) >= 11 is 0. The smallest absolute Gasteiger partial charge is 0.0700 e. The van der Waals surface area contributed by atoms with Crippen LogP contribution in [0, 0.1) is 5.92 Å². The van der Waals surface area contributed by atoms with Crippen molar-refractivity contribution in [2.24, 2.45) is 5.92 Å². The lowest BCUT2D eigenvalue weighted by Gasteiger charge is -2.40. The highest BCUT2D eigenvalue weighted by Gasteiger charge is 2.36. The Morgan fingerprint density at radius 3 is 2.72 bits per heavy atom. The number of nitrogens with one attached hydrogen (secondary N) is 1. The SMILES string of the molecule is CCC1CNC(C2CC2)CN1CCOCCOC. The molecule has 1 saturated carbocycles. The van der Waals surface area contributed by atoms with Crippen LogP contribution in [0.15, 0.2) is 0 Å². The zero-order valence-corrected chi connectivity index (χ0v) is 11.9. The molecule has 1 heterocycles. The minimum Gasteiger partial charge on any atom is -0.382 e. The number of hydrogen-bond donors (Lipinski definition) is 1. The summed E-state index contributed by atoms with van der Waals surface area (Å²) in [7, 11) is 1.72. The van der Waals surface area contributed by atoms with Gasteiger partial charge in [-0.1, -0.05) is 6.92 Å². The predicted molar refractivity (Wildman–Crippen MR) is 72.9 cm³/mol. The summed E-state index contributed by atoms with van der Waals surface area (Å²) in [5.74, 6) is 0.944. The second kappa shape index (κ2) is 7.43. The van der Waals surface area contributed by atoms with Gasteiger partial charge >= 0.3 is 0 Å². The molecule has 4 nitrogen and oxygen atoms in total. The molecule has 18 heavy (non-hydrogen) atoms. The number of methoxy groups -OCH3 is 1. The molecule has 2 rings (SSSR count). The lowest BCUT2D eigenvalue weighted by molar-refractivity contribution is 0.0371. The van der Waals surface area contributed by atoms with Crippen molar-refractivity contribution in [1.82, 2.24) is 10.2 Å². The molecule has 2 fully saturated rings. The Kier molecular flexibility index (Phi) is 5.89. The van der Waals surface area contributed by atoms with E-state index < -0.39 is 0 Å². The molecule has 1 aliphatic carbocycles. The van der Waals surface area contributed by atoms with E-state index >= 15 is 0 Å². The van der Waals surface area contributed by atoms with Crippen LogP contribution < -0.4 is 5.32 Å². The van der Waals surface area contributed by atoms with Crippen LogP contribution >= 0.6 is 0 Å². The topological polar surface area (TPSA) is 33.7 Å². The summed E-state index contributed by atoms with van der Waals surface area (Å²) in [5.41, 5.74) is 0. The van der Waals surface area contributed by atoms with E-state index in [0.717, 1.165) is 31.7 Å². The maximum atomic E-state index is 5.59. The van der Waals surface area contributed by atoms with Gasteiger partial charge in [0.15, 0.2) is 0 Å². The van der Waals surface area contributed by atoms with Gasteiger partial charge in [-0.15, -0.1) is 0 Å². The highest BCUT2D eigenvalue weighted by Crippen LogP contribution is 2.34. The molecule has 1 saturated heterocycles. The van der Waals surface area contributed by atoms with E-state index in [1.54, 1.807) is 7.11 Å². The van der Waals surface area contributed by atoms with Crippen LogP contribution in [-0.2, 0) is 9.47 Å². The maximum Gasteiger partial charge on any atom is 0.0700 e. The molecule has 0 aromatic heterocycles. The minimum absolute atomic E-state index is 0.686. The summed E-state index contributed by atoms with van der Waals surface area (Å²) < 4.78 is 10.6. The van der Waals surface area contributed by atoms with E-state index in [-0.39, 0.29) is 0 Å². The van der Waals surface area contributed by atoms with Crippen LogP contribution in [0.3, 0.4) is 0 Å². The Labute approximate surface area is 111 Å². The largest absolute Gasteiger partial charge is 0.382 e. The molecule has 0 spiro atoms. The van der Waals surface area contributed by atoms with Crippen LogP contribution in [0.2, 0.25) is 0 Å². The van der Waals surface area contributed by atoms with E-state index in [9.17, 15) is 0 Å². The van der Waals surface area contributed by atoms with Gasteiger partial charge in [-0.25, -0.2) is 0 Å². The molecule has 2 atom stereocenters. The summed E-state index contributed by atoms with van der Waals surface area (Å²) in [6.45, 7) is 7.94. The van der Waals surface area contributed by atoms with E-state index in [1.807, 2.05) is 0 Å². The molecule has 2 unspecified atom stereocenters. The normalized spacial score (nSPS) is 29.7. The Bertz CT molecular complexity index is 234. The summed E-state index contributed by atoms with van der Waals surface area (Å²) in [5, 5.41) is 3.72. The third kappa shape index (κ3) is 4.19. The Morgan fingerprint density at radius 1 is 1.22 bits per heavy atom. The van der Waals surface area contributed by atoms with Crippen molar-refractivity contribution in [3.8, 4) is 0 Å². The average Bonchev–Trinajstić information content (AvgIpc) is 3.22. The van der Waals surface area contributed by atoms with Gasteiger partial charge in [0, 0.05) is 38.8 Å². The molecular weight excluding hydrogens is 228 g/mol. The van der Waals surface area contributed by atoms with Crippen LogP contribution in [0.5, 0.6) is 0 Å². The molecule has 1 N–H and O–H groups in total. The molecular formula is C14H28N2O2. The number of rotatable bonds is 8. The van der Waals surface area contributed by atoms with E-state index in [0.29, 0.717) is 19.3 Å².